The molecule has 0 saturated heterocycles. The van der Waals surface area contributed by atoms with Gasteiger partial charge in [-0.2, -0.15) is 13.2 Å². The van der Waals surface area contributed by atoms with Gasteiger partial charge in [-0.1, -0.05) is 11.6 Å². The molecule has 9 heteroatoms. The van der Waals surface area contributed by atoms with Crippen molar-refractivity contribution in [2.45, 2.75) is 24.0 Å². The van der Waals surface area contributed by atoms with Crippen LogP contribution in [0.15, 0.2) is 23.1 Å². The van der Waals surface area contributed by atoms with Gasteiger partial charge in [0.2, 0.25) is 10.0 Å². The molecule has 0 aliphatic carbocycles. The van der Waals surface area contributed by atoms with E-state index in [0.29, 0.717) is 12.1 Å². The second-order valence-corrected chi connectivity index (χ2v) is 6.08. The van der Waals surface area contributed by atoms with E-state index in [-0.39, 0.29) is 11.6 Å². The molecule has 1 atom stereocenters. The lowest BCUT2D eigenvalue weighted by Crippen LogP contribution is -2.37. The number of rotatable bonds is 4. The number of nitrogens with two attached hydrogens (primary N) is 1. The Hall–Kier alpha value is -0.830. The number of alkyl halides is 3. The average Bonchev–Trinajstić information content (AvgIpc) is 2.26. The van der Waals surface area contributed by atoms with E-state index >= 15 is 0 Å². The van der Waals surface area contributed by atoms with Crippen LogP contribution in [0.1, 0.15) is 12.5 Å². The van der Waals surface area contributed by atoms with Gasteiger partial charge >= 0.3 is 6.18 Å². The number of hydrogen-bond donors (Lipinski definition) is 2. The summed E-state index contributed by atoms with van der Waals surface area (Å²) < 4.78 is 63.5. The van der Waals surface area contributed by atoms with Gasteiger partial charge in [0, 0.05) is 17.6 Å². The van der Waals surface area contributed by atoms with Gasteiger partial charge < -0.3 is 5.73 Å². The second kappa shape index (κ2) is 5.66. The van der Waals surface area contributed by atoms with Crippen molar-refractivity contribution in [1.82, 2.24) is 4.72 Å². The Labute approximate surface area is 113 Å². The number of sulfonamides is 1. The molecule has 0 aliphatic heterocycles. The van der Waals surface area contributed by atoms with Crippen LogP contribution in [0, 0.1) is 0 Å². The summed E-state index contributed by atoms with van der Waals surface area (Å²) in [6, 6.07) is 1.53. The van der Waals surface area contributed by atoms with Crippen LogP contribution in [-0.2, 0) is 16.2 Å². The van der Waals surface area contributed by atoms with Crippen LogP contribution in [0.2, 0.25) is 5.02 Å². The average molecular weight is 317 g/mol. The molecular weight excluding hydrogens is 305 g/mol. The fraction of sp³-hybridized carbons (Fsp3) is 0.400. The van der Waals surface area contributed by atoms with E-state index in [1.807, 2.05) is 0 Å². The van der Waals surface area contributed by atoms with Crippen molar-refractivity contribution in [3.8, 4) is 0 Å². The fourth-order valence-corrected chi connectivity index (χ4v) is 2.89. The van der Waals surface area contributed by atoms with E-state index in [4.69, 9.17) is 17.3 Å². The fourth-order valence-electron chi connectivity index (χ4n) is 1.26. The van der Waals surface area contributed by atoms with Crippen molar-refractivity contribution in [2.24, 2.45) is 5.73 Å². The Balaban J connectivity index is 3.25. The summed E-state index contributed by atoms with van der Waals surface area (Å²) >= 11 is 5.52. The molecule has 4 nitrogen and oxygen atoms in total. The summed E-state index contributed by atoms with van der Waals surface area (Å²) in [5, 5.41) is -0.310. The number of benzene rings is 1. The zero-order chi connectivity index (χ0) is 14.8. The minimum Gasteiger partial charge on any atom is -0.329 e. The lowest BCUT2D eigenvalue weighted by molar-refractivity contribution is -0.137. The van der Waals surface area contributed by atoms with Crippen LogP contribution in [0.3, 0.4) is 0 Å². The van der Waals surface area contributed by atoms with Crippen molar-refractivity contribution in [2.75, 3.05) is 6.54 Å². The lowest BCUT2D eigenvalue weighted by atomic mass is 10.2. The third-order valence-electron chi connectivity index (χ3n) is 2.22. The van der Waals surface area contributed by atoms with Crippen LogP contribution in [0.4, 0.5) is 13.2 Å². The standard InChI is InChI=1S/C10H12ClF3N2O2S/c1-6(5-15)16-19(17,18)9-3-7(10(12,13)14)2-8(11)4-9/h2-4,6,16H,5,15H2,1H3/t6-/m0/s1. The van der Waals surface area contributed by atoms with Crippen LogP contribution in [0.5, 0.6) is 0 Å². The molecule has 0 heterocycles. The van der Waals surface area contributed by atoms with E-state index in [1.165, 1.54) is 6.92 Å². The van der Waals surface area contributed by atoms with E-state index in [0.717, 1.165) is 6.07 Å². The molecule has 0 saturated carbocycles. The van der Waals surface area contributed by atoms with Gasteiger partial charge in [-0.3, -0.25) is 0 Å². The summed E-state index contributed by atoms with van der Waals surface area (Å²) in [6.45, 7) is 1.51. The minimum absolute atomic E-state index is 0.0198. The molecule has 0 spiro atoms. The van der Waals surface area contributed by atoms with Gasteiger partial charge in [0.15, 0.2) is 0 Å². The summed E-state index contributed by atoms with van der Waals surface area (Å²) in [7, 11) is -4.09. The highest BCUT2D eigenvalue weighted by Crippen LogP contribution is 2.32. The molecule has 108 valence electrons. The van der Waals surface area contributed by atoms with Crippen molar-refractivity contribution < 1.29 is 21.6 Å². The first-order chi connectivity index (χ1) is 8.56. The lowest BCUT2D eigenvalue weighted by Gasteiger charge is -2.14. The Morgan fingerprint density at radius 3 is 2.42 bits per heavy atom. The monoisotopic (exact) mass is 316 g/mol. The summed E-state index contributed by atoms with van der Waals surface area (Å²) in [5.41, 5.74) is 4.13. The van der Waals surface area contributed by atoms with Gasteiger partial charge in [0.25, 0.3) is 0 Å². The zero-order valence-electron chi connectivity index (χ0n) is 9.83. The highest BCUT2D eigenvalue weighted by atomic mass is 35.5. The largest absolute Gasteiger partial charge is 0.416 e. The van der Waals surface area contributed by atoms with E-state index in [2.05, 4.69) is 4.72 Å². The summed E-state index contributed by atoms with van der Waals surface area (Å²) in [6.07, 6.45) is -4.67. The van der Waals surface area contributed by atoms with Gasteiger partial charge in [-0.25, -0.2) is 13.1 Å². The molecule has 3 N–H and O–H groups in total. The molecule has 0 radical (unpaired) electrons. The predicted octanol–water partition coefficient (Wildman–Crippen LogP) is 1.98. The van der Waals surface area contributed by atoms with Crippen LogP contribution < -0.4 is 10.5 Å². The number of halogens is 4. The molecule has 0 fully saturated rings. The summed E-state index contributed by atoms with van der Waals surface area (Å²) in [4.78, 5) is -0.548. The van der Waals surface area contributed by atoms with E-state index < -0.39 is 32.7 Å². The molecule has 1 rings (SSSR count). The third-order valence-corrected chi connectivity index (χ3v) is 4.01. The quantitative estimate of drug-likeness (QED) is 0.892. The first-order valence-electron chi connectivity index (χ1n) is 5.16. The van der Waals surface area contributed by atoms with Gasteiger partial charge in [0.1, 0.15) is 0 Å². The maximum Gasteiger partial charge on any atom is 0.416 e. The molecule has 0 bridgehead atoms. The van der Waals surface area contributed by atoms with Crippen molar-refractivity contribution >= 4 is 21.6 Å². The van der Waals surface area contributed by atoms with Crippen LogP contribution >= 0.6 is 11.6 Å². The Morgan fingerprint density at radius 1 is 1.37 bits per heavy atom. The first kappa shape index (κ1) is 16.2. The Bertz CT molecular complexity index is 560. The molecule has 1 aromatic carbocycles. The maximum atomic E-state index is 12.6. The number of nitrogens with one attached hydrogen (secondary N) is 1. The Kier molecular flexibility index (Phi) is 4.83. The molecule has 0 unspecified atom stereocenters. The van der Waals surface area contributed by atoms with Crippen molar-refractivity contribution in [3.63, 3.8) is 0 Å². The predicted molar refractivity (Wildman–Crippen MR) is 65.3 cm³/mol. The first-order valence-corrected chi connectivity index (χ1v) is 7.02. The van der Waals surface area contributed by atoms with Crippen molar-refractivity contribution in [1.29, 1.82) is 0 Å². The Morgan fingerprint density at radius 2 is 1.95 bits per heavy atom. The molecule has 1 aromatic rings. The molecule has 0 aliphatic rings. The second-order valence-electron chi connectivity index (χ2n) is 3.93. The molecule has 19 heavy (non-hydrogen) atoms. The molecule has 0 amide bonds. The molecular formula is C10H12ClF3N2O2S. The normalized spacial score (nSPS) is 14.4. The zero-order valence-corrected chi connectivity index (χ0v) is 11.4. The third kappa shape index (κ3) is 4.34. The van der Waals surface area contributed by atoms with Gasteiger partial charge in [-0.15, -0.1) is 0 Å². The van der Waals surface area contributed by atoms with Gasteiger partial charge in [0.05, 0.1) is 10.5 Å². The van der Waals surface area contributed by atoms with Crippen LogP contribution in [0.25, 0.3) is 0 Å². The highest BCUT2D eigenvalue weighted by molar-refractivity contribution is 7.89. The summed E-state index contributed by atoms with van der Waals surface area (Å²) in [5.74, 6) is 0. The highest BCUT2D eigenvalue weighted by Gasteiger charge is 2.32. The van der Waals surface area contributed by atoms with Crippen LogP contribution in [-0.4, -0.2) is 21.0 Å². The van der Waals surface area contributed by atoms with E-state index in [9.17, 15) is 21.6 Å². The van der Waals surface area contributed by atoms with Gasteiger partial charge in [-0.05, 0) is 25.1 Å². The minimum atomic E-state index is -4.67. The smallest absolute Gasteiger partial charge is 0.329 e. The maximum absolute atomic E-state index is 12.6. The molecule has 0 aromatic heterocycles. The van der Waals surface area contributed by atoms with E-state index in [1.54, 1.807) is 0 Å². The topological polar surface area (TPSA) is 72.2 Å². The SMILES string of the molecule is C[C@@H](CN)NS(=O)(=O)c1cc(Cl)cc(C(F)(F)F)c1. The number of hydrogen-bond acceptors (Lipinski definition) is 3. The van der Waals surface area contributed by atoms with Crippen molar-refractivity contribution in [3.05, 3.63) is 28.8 Å².